The molecule has 1 aliphatic rings. The molecule has 1 fully saturated rings. The van der Waals surface area contributed by atoms with Gasteiger partial charge in [0.1, 0.15) is 0 Å². The van der Waals surface area contributed by atoms with E-state index >= 15 is 0 Å². The molecule has 4 heteroatoms. The molecule has 0 saturated heterocycles. The Kier molecular flexibility index (Phi) is 7.91. The minimum absolute atomic E-state index is 0. The predicted octanol–water partition coefficient (Wildman–Crippen LogP) is 3.34. The van der Waals surface area contributed by atoms with Crippen LogP contribution in [0.2, 0.25) is 0 Å². The summed E-state index contributed by atoms with van der Waals surface area (Å²) in [7, 11) is 0. The van der Waals surface area contributed by atoms with Gasteiger partial charge in [-0.25, -0.2) is 0 Å². The zero-order valence-electron chi connectivity index (χ0n) is 13.8. The fourth-order valence-corrected chi connectivity index (χ4v) is 3.36. The van der Waals surface area contributed by atoms with Crippen LogP contribution in [-0.4, -0.2) is 25.5 Å². The van der Waals surface area contributed by atoms with Crippen LogP contribution in [0.15, 0.2) is 24.3 Å². The van der Waals surface area contributed by atoms with Gasteiger partial charge in [0, 0.05) is 13.1 Å². The topological polar surface area (TPSA) is 41.1 Å². The van der Waals surface area contributed by atoms with Crippen LogP contribution in [-0.2, 0) is 10.2 Å². The van der Waals surface area contributed by atoms with E-state index in [1.165, 1.54) is 17.5 Å². The molecule has 22 heavy (non-hydrogen) atoms. The molecule has 0 spiro atoms. The molecule has 2 N–H and O–H groups in total. The zero-order chi connectivity index (χ0) is 15.1. The number of amides is 1. The number of carbonyl (C=O) groups is 1. The van der Waals surface area contributed by atoms with Gasteiger partial charge in [0.15, 0.2) is 0 Å². The second kappa shape index (κ2) is 9.16. The van der Waals surface area contributed by atoms with Crippen molar-refractivity contribution in [1.82, 2.24) is 10.6 Å². The molecule has 1 aromatic rings. The van der Waals surface area contributed by atoms with Crippen LogP contribution in [0.1, 0.15) is 50.2 Å². The normalized spacial score (nSPS) is 16.6. The highest BCUT2D eigenvalue weighted by molar-refractivity contribution is 5.88. The number of carbonyl (C=O) groups excluding carboxylic acids is 1. The fourth-order valence-electron chi connectivity index (χ4n) is 3.36. The van der Waals surface area contributed by atoms with Crippen LogP contribution in [0.4, 0.5) is 0 Å². The van der Waals surface area contributed by atoms with Crippen molar-refractivity contribution < 1.29 is 4.79 Å². The van der Waals surface area contributed by atoms with Gasteiger partial charge in [-0.05, 0) is 31.9 Å². The quantitative estimate of drug-likeness (QED) is 0.788. The lowest BCUT2D eigenvalue weighted by Crippen LogP contribution is -2.47. The van der Waals surface area contributed by atoms with E-state index in [0.29, 0.717) is 6.54 Å². The lowest BCUT2D eigenvalue weighted by Gasteiger charge is -2.36. The first-order chi connectivity index (χ1) is 10.2. The van der Waals surface area contributed by atoms with Crippen LogP contribution in [0.3, 0.4) is 0 Å². The summed E-state index contributed by atoms with van der Waals surface area (Å²) in [6.07, 6.45) is 5.49. The number of hydrogen-bond acceptors (Lipinski definition) is 2. The van der Waals surface area contributed by atoms with Gasteiger partial charge < -0.3 is 10.6 Å². The van der Waals surface area contributed by atoms with E-state index in [-0.39, 0.29) is 23.7 Å². The van der Waals surface area contributed by atoms with Crippen molar-refractivity contribution in [2.75, 3.05) is 19.6 Å². The Labute approximate surface area is 140 Å². The maximum Gasteiger partial charge on any atom is 0.230 e. The molecular weight excluding hydrogens is 296 g/mol. The summed E-state index contributed by atoms with van der Waals surface area (Å²) >= 11 is 0. The molecule has 1 saturated carbocycles. The molecule has 0 atom stereocenters. The molecule has 0 unspecified atom stereocenters. The number of hydrogen-bond donors (Lipinski definition) is 2. The first-order valence-electron chi connectivity index (χ1n) is 8.25. The molecular formula is C18H29ClN2O. The number of likely N-dealkylation sites (N-methyl/N-ethyl adjacent to an activating group) is 1. The van der Waals surface area contributed by atoms with Gasteiger partial charge >= 0.3 is 0 Å². The summed E-state index contributed by atoms with van der Waals surface area (Å²) in [5.74, 6) is 0.214. The van der Waals surface area contributed by atoms with Crippen molar-refractivity contribution in [3.05, 3.63) is 35.4 Å². The Balaban J connectivity index is 0.00000242. The Morgan fingerprint density at radius 1 is 1.18 bits per heavy atom. The summed E-state index contributed by atoms with van der Waals surface area (Å²) in [5, 5.41) is 6.40. The largest absolute Gasteiger partial charge is 0.354 e. The van der Waals surface area contributed by atoms with Gasteiger partial charge in [-0.1, -0.05) is 56.0 Å². The molecule has 0 aromatic heterocycles. The van der Waals surface area contributed by atoms with E-state index in [1.807, 2.05) is 0 Å². The molecule has 1 amide bonds. The molecule has 0 heterocycles. The summed E-state index contributed by atoms with van der Waals surface area (Å²) in [4.78, 5) is 12.9. The lowest BCUT2D eigenvalue weighted by atomic mass is 9.68. The number of aryl methyl sites for hydroxylation is 1. The SMILES string of the molecule is CCNCCNC(=O)C1(c2cccc(C)c2)CCCCC1.Cl. The van der Waals surface area contributed by atoms with Crippen LogP contribution in [0.25, 0.3) is 0 Å². The number of rotatable bonds is 6. The predicted molar refractivity (Wildman–Crippen MR) is 94.7 cm³/mol. The smallest absolute Gasteiger partial charge is 0.230 e. The summed E-state index contributed by atoms with van der Waals surface area (Å²) in [6.45, 7) is 6.67. The average molecular weight is 325 g/mol. The molecule has 0 radical (unpaired) electrons. The van der Waals surface area contributed by atoms with Crippen molar-refractivity contribution in [2.45, 2.75) is 51.4 Å². The molecule has 124 valence electrons. The highest BCUT2D eigenvalue weighted by Gasteiger charge is 2.40. The molecule has 1 aromatic carbocycles. The van der Waals surface area contributed by atoms with Crippen LogP contribution >= 0.6 is 12.4 Å². The second-order valence-electron chi connectivity index (χ2n) is 6.12. The molecule has 0 aliphatic heterocycles. The Morgan fingerprint density at radius 3 is 2.55 bits per heavy atom. The van der Waals surface area contributed by atoms with E-state index < -0.39 is 0 Å². The highest BCUT2D eigenvalue weighted by atomic mass is 35.5. The van der Waals surface area contributed by atoms with E-state index in [2.05, 4.69) is 48.7 Å². The number of benzene rings is 1. The molecule has 1 aliphatic carbocycles. The third-order valence-electron chi connectivity index (χ3n) is 4.55. The van der Waals surface area contributed by atoms with Gasteiger partial charge in [-0.15, -0.1) is 12.4 Å². The average Bonchev–Trinajstić information content (AvgIpc) is 2.52. The van der Waals surface area contributed by atoms with Gasteiger partial charge in [-0.2, -0.15) is 0 Å². The third-order valence-corrected chi connectivity index (χ3v) is 4.55. The minimum Gasteiger partial charge on any atom is -0.354 e. The molecule has 2 rings (SSSR count). The van der Waals surface area contributed by atoms with Gasteiger partial charge in [0.2, 0.25) is 5.91 Å². The first-order valence-corrected chi connectivity index (χ1v) is 8.25. The van der Waals surface area contributed by atoms with E-state index in [4.69, 9.17) is 0 Å². The zero-order valence-corrected chi connectivity index (χ0v) is 14.6. The van der Waals surface area contributed by atoms with Crippen LogP contribution < -0.4 is 10.6 Å². The van der Waals surface area contributed by atoms with Crippen LogP contribution in [0, 0.1) is 6.92 Å². The van der Waals surface area contributed by atoms with Crippen molar-refractivity contribution >= 4 is 18.3 Å². The fraction of sp³-hybridized carbons (Fsp3) is 0.611. The first kappa shape index (κ1) is 19.0. The molecule has 3 nitrogen and oxygen atoms in total. The third kappa shape index (κ3) is 4.47. The van der Waals surface area contributed by atoms with Gasteiger partial charge in [0.25, 0.3) is 0 Å². The lowest BCUT2D eigenvalue weighted by molar-refractivity contribution is -0.128. The van der Waals surface area contributed by atoms with Crippen molar-refractivity contribution in [2.24, 2.45) is 0 Å². The summed E-state index contributed by atoms with van der Waals surface area (Å²) in [5.41, 5.74) is 2.12. The Hall–Kier alpha value is -1.06. The monoisotopic (exact) mass is 324 g/mol. The Bertz CT molecular complexity index is 470. The standard InChI is InChI=1S/C18H28N2O.ClH/c1-3-19-12-13-20-17(21)18(10-5-4-6-11-18)16-9-7-8-15(2)14-16;/h7-9,14,19H,3-6,10-13H2,1-2H3,(H,20,21);1H. The van der Waals surface area contributed by atoms with E-state index in [9.17, 15) is 4.79 Å². The van der Waals surface area contributed by atoms with Gasteiger partial charge in [0.05, 0.1) is 5.41 Å². The summed E-state index contributed by atoms with van der Waals surface area (Å²) < 4.78 is 0. The minimum atomic E-state index is -0.309. The van der Waals surface area contributed by atoms with Crippen molar-refractivity contribution in [3.8, 4) is 0 Å². The van der Waals surface area contributed by atoms with Gasteiger partial charge in [-0.3, -0.25) is 4.79 Å². The van der Waals surface area contributed by atoms with E-state index in [1.54, 1.807) is 0 Å². The van der Waals surface area contributed by atoms with E-state index in [0.717, 1.165) is 38.8 Å². The summed E-state index contributed by atoms with van der Waals surface area (Å²) in [6, 6.07) is 8.49. The van der Waals surface area contributed by atoms with Crippen LogP contribution in [0.5, 0.6) is 0 Å². The molecule has 0 bridgehead atoms. The van der Waals surface area contributed by atoms with Crippen molar-refractivity contribution in [3.63, 3.8) is 0 Å². The Morgan fingerprint density at radius 2 is 1.91 bits per heavy atom. The number of nitrogens with one attached hydrogen (secondary N) is 2. The number of halogens is 1. The second-order valence-corrected chi connectivity index (χ2v) is 6.12. The highest BCUT2D eigenvalue weighted by Crippen LogP contribution is 2.39. The van der Waals surface area contributed by atoms with Crippen molar-refractivity contribution in [1.29, 1.82) is 0 Å². The maximum absolute atomic E-state index is 12.9. The maximum atomic E-state index is 12.9.